The summed E-state index contributed by atoms with van der Waals surface area (Å²) in [5.41, 5.74) is 0.719. The molecule has 3 heteroatoms. The Kier molecular flexibility index (Phi) is 2.96. The molecule has 2 rings (SSSR count). The van der Waals surface area contributed by atoms with Crippen LogP contribution in [0.4, 0.5) is 0 Å². The van der Waals surface area contributed by atoms with Gasteiger partial charge in [-0.15, -0.1) is 0 Å². The normalized spacial score (nSPS) is 19.1. The molecule has 14 heavy (non-hydrogen) atoms. The molecule has 0 radical (unpaired) electrons. The molecule has 0 saturated heterocycles. The number of carbonyl (C=O) groups is 1. The molecule has 0 amide bonds. The van der Waals surface area contributed by atoms with E-state index in [-0.39, 0.29) is 0 Å². The minimum absolute atomic E-state index is 0.500. The van der Waals surface area contributed by atoms with Crippen LogP contribution in [0.5, 0.6) is 0 Å². The van der Waals surface area contributed by atoms with Crippen LogP contribution in [0.1, 0.15) is 55.1 Å². The Balaban J connectivity index is 2.15. The Hall–Kier alpha value is -1.12. The van der Waals surface area contributed by atoms with Crippen molar-refractivity contribution in [1.29, 1.82) is 0 Å². The third kappa shape index (κ3) is 1.86. The van der Waals surface area contributed by atoms with Gasteiger partial charge >= 0.3 is 0 Å². The van der Waals surface area contributed by atoms with Gasteiger partial charge in [0, 0.05) is 6.04 Å². The predicted octanol–water partition coefficient (Wildman–Crippen LogP) is 2.59. The average Bonchev–Trinajstić information content (AvgIpc) is 2.52. The topological polar surface area (TPSA) is 34.9 Å². The Labute approximate surface area is 84.1 Å². The smallest absolute Gasteiger partial charge is 0.168 e. The third-order valence-electron chi connectivity index (χ3n) is 3.03. The lowest BCUT2D eigenvalue weighted by Gasteiger charge is -2.16. The molecule has 1 aromatic heterocycles. The molecule has 0 N–H and O–H groups in total. The van der Waals surface area contributed by atoms with Crippen LogP contribution in [0.2, 0.25) is 0 Å². The number of aldehydes is 1. The molecule has 0 spiro atoms. The van der Waals surface area contributed by atoms with Crippen molar-refractivity contribution >= 4 is 6.29 Å². The van der Waals surface area contributed by atoms with Gasteiger partial charge in [0.15, 0.2) is 6.29 Å². The molecule has 0 aromatic carbocycles. The van der Waals surface area contributed by atoms with Crippen LogP contribution in [0.15, 0.2) is 12.5 Å². The molecule has 0 atom stereocenters. The van der Waals surface area contributed by atoms with Crippen molar-refractivity contribution in [2.45, 2.75) is 44.6 Å². The second-order valence-corrected chi connectivity index (χ2v) is 3.99. The molecular weight excluding hydrogens is 176 g/mol. The third-order valence-corrected chi connectivity index (χ3v) is 3.03. The van der Waals surface area contributed by atoms with Gasteiger partial charge in [-0.2, -0.15) is 0 Å². The minimum atomic E-state index is 0.500. The quantitative estimate of drug-likeness (QED) is 0.533. The number of carbonyl (C=O) groups excluding carboxylic acids is 1. The summed E-state index contributed by atoms with van der Waals surface area (Å²) in [6.45, 7) is 0. The van der Waals surface area contributed by atoms with Gasteiger partial charge in [0.1, 0.15) is 5.69 Å². The van der Waals surface area contributed by atoms with Crippen LogP contribution in [0, 0.1) is 0 Å². The second kappa shape index (κ2) is 4.40. The summed E-state index contributed by atoms with van der Waals surface area (Å²) in [5, 5.41) is 0. The standard InChI is InChI=1S/C11H16N2O/c14-8-11-7-12-9-13(11)10-5-3-1-2-4-6-10/h7-10H,1-6H2. The highest BCUT2D eigenvalue weighted by Crippen LogP contribution is 2.27. The molecule has 1 aliphatic carbocycles. The lowest BCUT2D eigenvalue weighted by atomic mass is 10.1. The van der Waals surface area contributed by atoms with Crippen LogP contribution in [0.25, 0.3) is 0 Å². The van der Waals surface area contributed by atoms with Gasteiger partial charge in [0.25, 0.3) is 0 Å². The summed E-state index contributed by atoms with van der Waals surface area (Å²) in [7, 11) is 0. The number of hydrogen-bond acceptors (Lipinski definition) is 2. The van der Waals surface area contributed by atoms with E-state index >= 15 is 0 Å². The van der Waals surface area contributed by atoms with E-state index in [1.54, 1.807) is 12.5 Å². The fraction of sp³-hybridized carbons (Fsp3) is 0.636. The molecule has 76 valence electrons. The first kappa shape index (κ1) is 9.44. The summed E-state index contributed by atoms with van der Waals surface area (Å²) in [6.07, 6.45) is 12.0. The number of aromatic nitrogens is 2. The zero-order valence-electron chi connectivity index (χ0n) is 8.35. The summed E-state index contributed by atoms with van der Waals surface area (Å²) in [6, 6.07) is 0.500. The van der Waals surface area contributed by atoms with E-state index < -0.39 is 0 Å². The van der Waals surface area contributed by atoms with E-state index in [4.69, 9.17) is 0 Å². The molecule has 1 fully saturated rings. The summed E-state index contributed by atoms with van der Waals surface area (Å²) < 4.78 is 2.04. The van der Waals surface area contributed by atoms with Crippen molar-refractivity contribution in [2.75, 3.05) is 0 Å². The van der Waals surface area contributed by atoms with E-state index in [1.807, 2.05) is 4.57 Å². The molecule has 1 aromatic rings. The molecule has 0 unspecified atom stereocenters. The van der Waals surface area contributed by atoms with Crippen LogP contribution in [-0.2, 0) is 0 Å². The Morgan fingerprint density at radius 3 is 2.64 bits per heavy atom. The first-order valence-corrected chi connectivity index (χ1v) is 5.39. The molecule has 3 nitrogen and oxygen atoms in total. The van der Waals surface area contributed by atoms with Crippen LogP contribution in [-0.4, -0.2) is 15.8 Å². The molecule has 1 heterocycles. The summed E-state index contributed by atoms with van der Waals surface area (Å²) in [5.74, 6) is 0. The first-order valence-electron chi connectivity index (χ1n) is 5.39. The molecular formula is C11H16N2O. The number of rotatable bonds is 2. The van der Waals surface area contributed by atoms with Crippen LogP contribution < -0.4 is 0 Å². The number of nitrogens with zero attached hydrogens (tertiary/aromatic N) is 2. The van der Waals surface area contributed by atoms with E-state index in [1.165, 1.54) is 38.5 Å². The van der Waals surface area contributed by atoms with Gasteiger partial charge < -0.3 is 4.57 Å². The second-order valence-electron chi connectivity index (χ2n) is 3.99. The maximum Gasteiger partial charge on any atom is 0.168 e. The monoisotopic (exact) mass is 192 g/mol. The zero-order chi connectivity index (χ0) is 9.80. The van der Waals surface area contributed by atoms with E-state index in [0.29, 0.717) is 6.04 Å². The van der Waals surface area contributed by atoms with Gasteiger partial charge in [0.05, 0.1) is 12.5 Å². The van der Waals surface area contributed by atoms with Gasteiger partial charge in [0.2, 0.25) is 0 Å². The highest BCUT2D eigenvalue weighted by Gasteiger charge is 2.15. The van der Waals surface area contributed by atoms with Crippen molar-refractivity contribution in [2.24, 2.45) is 0 Å². The number of hydrogen-bond donors (Lipinski definition) is 0. The van der Waals surface area contributed by atoms with Crippen molar-refractivity contribution in [1.82, 2.24) is 9.55 Å². The summed E-state index contributed by atoms with van der Waals surface area (Å²) in [4.78, 5) is 14.8. The molecule has 1 aliphatic rings. The largest absolute Gasteiger partial charge is 0.325 e. The molecule has 0 aliphatic heterocycles. The lowest BCUT2D eigenvalue weighted by Crippen LogP contribution is -2.09. The van der Waals surface area contributed by atoms with Gasteiger partial charge in [-0.3, -0.25) is 4.79 Å². The van der Waals surface area contributed by atoms with Gasteiger partial charge in [-0.25, -0.2) is 4.98 Å². The molecule has 0 bridgehead atoms. The highest BCUT2D eigenvalue weighted by atomic mass is 16.1. The average molecular weight is 192 g/mol. The Morgan fingerprint density at radius 2 is 2.00 bits per heavy atom. The van der Waals surface area contributed by atoms with Crippen molar-refractivity contribution in [3.8, 4) is 0 Å². The first-order chi connectivity index (χ1) is 6.92. The number of imidazole rings is 1. The Bertz CT molecular complexity index is 298. The van der Waals surface area contributed by atoms with Gasteiger partial charge in [-0.05, 0) is 12.8 Å². The van der Waals surface area contributed by atoms with Crippen LogP contribution >= 0.6 is 0 Å². The van der Waals surface area contributed by atoms with E-state index in [2.05, 4.69) is 4.98 Å². The van der Waals surface area contributed by atoms with E-state index in [9.17, 15) is 4.79 Å². The van der Waals surface area contributed by atoms with Crippen molar-refractivity contribution < 1.29 is 4.79 Å². The van der Waals surface area contributed by atoms with Gasteiger partial charge in [-0.1, -0.05) is 25.7 Å². The maximum absolute atomic E-state index is 10.8. The SMILES string of the molecule is O=Cc1cncn1C1CCCCCC1. The fourth-order valence-corrected chi connectivity index (χ4v) is 2.25. The maximum atomic E-state index is 10.8. The minimum Gasteiger partial charge on any atom is -0.325 e. The van der Waals surface area contributed by atoms with Crippen molar-refractivity contribution in [3.05, 3.63) is 18.2 Å². The lowest BCUT2D eigenvalue weighted by molar-refractivity contribution is 0.111. The predicted molar refractivity (Wildman–Crippen MR) is 54.4 cm³/mol. The highest BCUT2D eigenvalue weighted by molar-refractivity contribution is 5.71. The zero-order valence-corrected chi connectivity index (χ0v) is 8.35. The Morgan fingerprint density at radius 1 is 1.29 bits per heavy atom. The molecule has 1 saturated carbocycles. The van der Waals surface area contributed by atoms with Crippen molar-refractivity contribution in [3.63, 3.8) is 0 Å². The van der Waals surface area contributed by atoms with Crippen LogP contribution in [0.3, 0.4) is 0 Å². The fourth-order valence-electron chi connectivity index (χ4n) is 2.25. The summed E-state index contributed by atoms with van der Waals surface area (Å²) >= 11 is 0. The van der Waals surface area contributed by atoms with E-state index in [0.717, 1.165) is 12.0 Å².